The quantitative estimate of drug-likeness (QED) is 0.808. The Labute approximate surface area is 100 Å². The van der Waals surface area contributed by atoms with Gasteiger partial charge in [-0.3, -0.25) is 9.78 Å². The summed E-state index contributed by atoms with van der Waals surface area (Å²) in [7, 11) is 3.30. The number of carbonyl (C=O) groups excluding carboxylic acids is 1. The van der Waals surface area contributed by atoms with E-state index in [9.17, 15) is 4.79 Å². The van der Waals surface area contributed by atoms with Gasteiger partial charge in [0.1, 0.15) is 0 Å². The molecular formula is C11H15ClN2O2. The summed E-state index contributed by atoms with van der Waals surface area (Å²) >= 11 is 5.98. The molecule has 1 aromatic rings. The molecule has 4 nitrogen and oxygen atoms in total. The van der Waals surface area contributed by atoms with Crippen molar-refractivity contribution in [1.82, 2.24) is 9.88 Å². The summed E-state index contributed by atoms with van der Waals surface area (Å²) < 4.78 is 4.91. The minimum Gasteiger partial charge on any atom is -0.383 e. The Bertz CT molecular complexity index is 382. The molecule has 5 heteroatoms. The Morgan fingerprint density at radius 2 is 2.31 bits per heavy atom. The molecule has 1 amide bonds. The van der Waals surface area contributed by atoms with E-state index in [0.29, 0.717) is 23.7 Å². The van der Waals surface area contributed by atoms with Gasteiger partial charge in [-0.15, -0.1) is 0 Å². The molecule has 88 valence electrons. The molecule has 0 aliphatic heterocycles. The fourth-order valence-corrected chi connectivity index (χ4v) is 1.51. The zero-order valence-corrected chi connectivity index (χ0v) is 10.4. The monoisotopic (exact) mass is 242 g/mol. The SMILES string of the molecule is COCCN(C)C(=O)c1cnc(C)cc1Cl. The summed E-state index contributed by atoms with van der Waals surface area (Å²) in [6.45, 7) is 2.85. The summed E-state index contributed by atoms with van der Waals surface area (Å²) in [6.07, 6.45) is 1.50. The molecule has 1 aromatic heterocycles. The lowest BCUT2D eigenvalue weighted by molar-refractivity contribution is 0.0744. The topological polar surface area (TPSA) is 42.4 Å². The molecule has 0 fully saturated rings. The molecule has 0 saturated carbocycles. The van der Waals surface area contributed by atoms with Gasteiger partial charge in [-0.1, -0.05) is 11.6 Å². The van der Waals surface area contributed by atoms with Crippen LogP contribution in [0.4, 0.5) is 0 Å². The smallest absolute Gasteiger partial charge is 0.256 e. The fraction of sp³-hybridized carbons (Fsp3) is 0.455. The molecule has 0 atom stereocenters. The molecule has 0 aliphatic rings. The molecule has 0 aliphatic carbocycles. The van der Waals surface area contributed by atoms with Gasteiger partial charge in [0.25, 0.3) is 5.91 Å². The predicted molar refractivity (Wildman–Crippen MR) is 62.8 cm³/mol. The van der Waals surface area contributed by atoms with E-state index in [2.05, 4.69) is 4.98 Å². The maximum atomic E-state index is 11.9. The van der Waals surface area contributed by atoms with Gasteiger partial charge in [0.2, 0.25) is 0 Å². The van der Waals surface area contributed by atoms with E-state index in [1.807, 2.05) is 6.92 Å². The summed E-state index contributed by atoms with van der Waals surface area (Å²) in [4.78, 5) is 17.5. The van der Waals surface area contributed by atoms with Gasteiger partial charge in [-0.2, -0.15) is 0 Å². The van der Waals surface area contributed by atoms with E-state index in [1.54, 1.807) is 25.1 Å². The van der Waals surface area contributed by atoms with E-state index in [1.165, 1.54) is 6.20 Å². The van der Waals surface area contributed by atoms with Crippen molar-refractivity contribution in [3.8, 4) is 0 Å². The molecule has 1 rings (SSSR count). The van der Waals surface area contributed by atoms with Crippen LogP contribution in [0, 0.1) is 6.92 Å². The van der Waals surface area contributed by atoms with E-state index < -0.39 is 0 Å². The summed E-state index contributed by atoms with van der Waals surface area (Å²) in [5.74, 6) is -0.144. The average molecular weight is 243 g/mol. The van der Waals surface area contributed by atoms with Gasteiger partial charge < -0.3 is 9.64 Å². The first kappa shape index (κ1) is 12.9. The standard InChI is InChI=1S/C11H15ClN2O2/c1-8-6-10(12)9(7-13-8)11(15)14(2)4-5-16-3/h6-7H,4-5H2,1-3H3. The molecule has 0 spiro atoms. The van der Waals surface area contributed by atoms with Crippen molar-refractivity contribution in [2.75, 3.05) is 27.3 Å². The van der Waals surface area contributed by atoms with Crippen LogP contribution >= 0.6 is 11.6 Å². The average Bonchev–Trinajstić information content (AvgIpc) is 2.25. The van der Waals surface area contributed by atoms with Crippen molar-refractivity contribution in [2.45, 2.75) is 6.92 Å². The van der Waals surface area contributed by atoms with Gasteiger partial charge in [-0.05, 0) is 13.0 Å². The van der Waals surface area contributed by atoms with Gasteiger partial charge in [-0.25, -0.2) is 0 Å². The highest BCUT2D eigenvalue weighted by Gasteiger charge is 2.15. The van der Waals surface area contributed by atoms with E-state index in [-0.39, 0.29) is 5.91 Å². The summed E-state index contributed by atoms with van der Waals surface area (Å²) in [5, 5.41) is 0.432. The van der Waals surface area contributed by atoms with Crippen LogP contribution in [-0.2, 0) is 4.74 Å². The molecule has 0 bridgehead atoms. The number of pyridine rings is 1. The Morgan fingerprint density at radius 1 is 1.62 bits per heavy atom. The third-order valence-electron chi connectivity index (χ3n) is 2.20. The lowest BCUT2D eigenvalue weighted by atomic mass is 10.2. The number of likely N-dealkylation sites (N-methyl/N-ethyl adjacent to an activating group) is 1. The molecule has 0 radical (unpaired) electrons. The number of carbonyl (C=O) groups is 1. The van der Waals surface area contributed by atoms with Crippen molar-refractivity contribution >= 4 is 17.5 Å². The van der Waals surface area contributed by atoms with Crippen molar-refractivity contribution in [3.05, 3.63) is 28.5 Å². The number of rotatable bonds is 4. The number of hydrogen-bond acceptors (Lipinski definition) is 3. The van der Waals surface area contributed by atoms with Crippen molar-refractivity contribution < 1.29 is 9.53 Å². The Balaban J connectivity index is 2.79. The van der Waals surface area contributed by atoms with Crippen LogP contribution in [0.1, 0.15) is 16.1 Å². The van der Waals surface area contributed by atoms with Crippen LogP contribution in [0.15, 0.2) is 12.3 Å². The Morgan fingerprint density at radius 3 is 2.88 bits per heavy atom. The third kappa shape index (κ3) is 3.18. The number of methoxy groups -OCH3 is 1. The number of amides is 1. The Kier molecular flexibility index (Phi) is 4.71. The zero-order chi connectivity index (χ0) is 12.1. The highest BCUT2D eigenvalue weighted by atomic mass is 35.5. The second-order valence-electron chi connectivity index (χ2n) is 3.53. The number of halogens is 1. The summed E-state index contributed by atoms with van der Waals surface area (Å²) in [5.41, 5.74) is 1.21. The van der Waals surface area contributed by atoms with Crippen LogP contribution < -0.4 is 0 Å². The van der Waals surface area contributed by atoms with Gasteiger partial charge in [0, 0.05) is 32.6 Å². The minimum atomic E-state index is -0.144. The number of hydrogen-bond donors (Lipinski definition) is 0. The molecule has 16 heavy (non-hydrogen) atoms. The second-order valence-corrected chi connectivity index (χ2v) is 3.93. The normalized spacial score (nSPS) is 10.2. The van der Waals surface area contributed by atoms with Crippen LogP contribution in [0.3, 0.4) is 0 Å². The van der Waals surface area contributed by atoms with Crippen LogP contribution in [0.25, 0.3) is 0 Å². The first-order valence-electron chi connectivity index (χ1n) is 4.92. The van der Waals surface area contributed by atoms with Gasteiger partial charge in [0.05, 0.1) is 17.2 Å². The van der Waals surface area contributed by atoms with E-state index in [4.69, 9.17) is 16.3 Å². The second kappa shape index (κ2) is 5.82. The number of aryl methyl sites for hydroxylation is 1. The predicted octanol–water partition coefficient (Wildman–Crippen LogP) is 1.76. The summed E-state index contributed by atoms with van der Waals surface area (Å²) in [6, 6.07) is 1.68. The highest BCUT2D eigenvalue weighted by molar-refractivity contribution is 6.33. The zero-order valence-electron chi connectivity index (χ0n) is 9.66. The minimum absolute atomic E-state index is 0.144. The van der Waals surface area contributed by atoms with Crippen molar-refractivity contribution in [2.24, 2.45) is 0 Å². The largest absolute Gasteiger partial charge is 0.383 e. The lowest BCUT2D eigenvalue weighted by Gasteiger charge is -2.17. The van der Waals surface area contributed by atoms with Crippen molar-refractivity contribution in [3.63, 3.8) is 0 Å². The number of aromatic nitrogens is 1. The fourth-order valence-electron chi connectivity index (χ4n) is 1.22. The molecule has 0 aromatic carbocycles. The van der Waals surface area contributed by atoms with Gasteiger partial charge in [0.15, 0.2) is 0 Å². The molecular weight excluding hydrogens is 228 g/mol. The van der Waals surface area contributed by atoms with E-state index in [0.717, 1.165) is 5.69 Å². The number of ether oxygens (including phenoxy) is 1. The van der Waals surface area contributed by atoms with Crippen LogP contribution in [0.5, 0.6) is 0 Å². The van der Waals surface area contributed by atoms with Gasteiger partial charge >= 0.3 is 0 Å². The highest BCUT2D eigenvalue weighted by Crippen LogP contribution is 2.17. The first-order valence-corrected chi connectivity index (χ1v) is 5.30. The molecule has 0 unspecified atom stereocenters. The third-order valence-corrected chi connectivity index (χ3v) is 2.51. The first-order chi connectivity index (χ1) is 7.56. The van der Waals surface area contributed by atoms with E-state index >= 15 is 0 Å². The van der Waals surface area contributed by atoms with Crippen molar-refractivity contribution in [1.29, 1.82) is 0 Å². The van der Waals surface area contributed by atoms with Crippen LogP contribution in [0.2, 0.25) is 5.02 Å². The molecule has 1 heterocycles. The molecule has 0 saturated heterocycles. The molecule has 0 N–H and O–H groups in total. The van der Waals surface area contributed by atoms with Crippen LogP contribution in [-0.4, -0.2) is 43.1 Å². The Hall–Kier alpha value is -1.13. The number of nitrogens with zero attached hydrogens (tertiary/aromatic N) is 2. The maximum Gasteiger partial charge on any atom is 0.256 e. The maximum absolute atomic E-state index is 11.9. The lowest BCUT2D eigenvalue weighted by Crippen LogP contribution is -2.30.